The molecule has 3 aromatic rings. The number of aryl methyl sites for hydroxylation is 1. The third-order valence-electron chi connectivity index (χ3n) is 7.72. The maximum Gasteiger partial charge on any atom is 0.192 e. The maximum atomic E-state index is 6.65. The van der Waals surface area contributed by atoms with Crippen LogP contribution in [0, 0.1) is 17.4 Å². The predicted molar refractivity (Wildman–Crippen MR) is 154 cm³/mol. The quantitative estimate of drug-likeness (QED) is 0.244. The van der Waals surface area contributed by atoms with Crippen LogP contribution >= 0.6 is 22.6 Å². The van der Waals surface area contributed by atoms with Crippen LogP contribution in [0.3, 0.4) is 0 Å². The van der Waals surface area contributed by atoms with Gasteiger partial charge in [0.15, 0.2) is 19.8 Å². The number of fused-ring (bicyclic) bond motifs is 1. The van der Waals surface area contributed by atoms with Crippen LogP contribution in [0.15, 0.2) is 24.3 Å². The number of benzene rings is 1. The van der Waals surface area contributed by atoms with Crippen molar-refractivity contribution in [2.24, 2.45) is 0 Å². The first-order valence-electron chi connectivity index (χ1n) is 12.5. The van der Waals surface area contributed by atoms with Crippen molar-refractivity contribution in [3.63, 3.8) is 0 Å². The lowest BCUT2D eigenvalue weighted by Crippen LogP contribution is -2.41. The van der Waals surface area contributed by atoms with Gasteiger partial charge >= 0.3 is 0 Å². The normalized spacial score (nSPS) is 17.4. The van der Waals surface area contributed by atoms with E-state index in [1.165, 1.54) is 16.7 Å². The number of hydrogen-bond acceptors (Lipinski definition) is 5. The molecule has 35 heavy (non-hydrogen) atoms. The third kappa shape index (κ3) is 5.60. The lowest BCUT2D eigenvalue weighted by molar-refractivity contribution is 0.0528. The molecule has 0 amide bonds. The van der Waals surface area contributed by atoms with Crippen LogP contribution in [0.5, 0.6) is 0 Å². The summed E-state index contributed by atoms with van der Waals surface area (Å²) in [6, 6.07) is 8.69. The minimum Gasteiger partial charge on any atom is -0.411 e. The van der Waals surface area contributed by atoms with Crippen LogP contribution in [-0.4, -0.2) is 48.7 Å². The van der Waals surface area contributed by atoms with Gasteiger partial charge in [0.25, 0.3) is 0 Å². The molecule has 1 aromatic carbocycles. The molecule has 0 saturated carbocycles. The van der Waals surface area contributed by atoms with Crippen molar-refractivity contribution in [3.05, 3.63) is 55.9 Å². The summed E-state index contributed by atoms with van der Waals surface area (Å²) in [6.45, 7) is 20.9. The van der Waals surface area contributed by atoms with E-state index in [-0.39, 0.29) is 11.1 Å². The Morgan fingerprint density at radius 1 is 1.23 bits per heavy atom. The molecule has 1 unspecified atom stereocenters. The summed E-state index contributed by atoms with van der Waals surface area (Å²) < 4.78 is 15.6. The molecular weight excluding hydrogens is 567 g/mol. The van der Waals surface area contributed by atoms with Gasteiger partial charge in [-0.15, -0.1) is 5.10 Å². The highest BCUT2D eigenvalue weighted by Crippen LogP contribution is 2.37. The number of imidazole rings is 1. The van der Waals surface area contributed by atoms with Crippen molar-refractivity contribution in [2.75, 3.05) is 24.6 Å². The van der Waals surface area contributed by atoms with E-state index in [2.05, 4.69) is 111 Å². The fraction of sp³-hybridized carbons (Fsp3) is 0.556. The molecule has 0 N–H and O–H groups in total. The largest absolute Gasteiger partial charge is 0.411 e. The van der Waals surface area contributed by atoms with E-state index >= 15 is 0 Å². The average molecular weight is 607 g/mol. The highest BCUT2D eigenvalue weighted by molar-refractivity contribution is 14.1. The molecule has 1 atom stereocenters. The van der Waals surface area contributed by atoms with Gasteiger partial charge in [-0.3, -0.25) is 0 Å². The highest BCUT2D eigenvalue weighted by Gasteiger charge is 2.37. The second kappa shape index (κ2) is 10.1. The van der Waals surface area contributed by atoms with E-state index in [0.29, 0.717) is 6.61 Å². The minimum atomic E-state index is -1.92. The monoisotopic (exact) mass is 606 g/mol. The van der Waals surface area contributed by atoms with E-state index in [0.717, 1.165) is 52.5 Å². The third-order valence-corrected chi connectivity index (χ3v) is 13.0. The van der Waals surface area contributed by atoms with Gasteiger partial charge in [0.1, 0.15) is 0 Å². The first kappa shape index (κ1) is 26.6. The van der Waals surface area contributed by atoms with Crippen molar-refractivity contribution >= 4 is 42.4 Å². The molecule has 3 heterocycles. The number of rotatable bonds is 6. The number of hydrogen-bond donors (Lipinski definition) is 0. The summed E-state index contributed by atoms with van der Waals surface area (Å²) in [6.07, 6.45) is 0.973. The zero-order valence-electron chi connectivity index (χ0n) is 22.4. The molecule has 1 fully saturated rings. The Morgan fingerprint density at radius 3 is 2.66 bits per heavy atom. The number of aromatic nitrogens is 3. The number of nitrogens with zero attached hydrogens (tertiary/aromatic N) is 4. The lowest BCUT2D eigenvalue weighted by Gasteiger charge is -2.36. The van der Waals surface area contributed by atoms with Gasteiger partial charge in [0, 0.05) is 19.5 Å². The molecule has 1 aliphatic rings. The number of anilines is 1. The standard InChI is InChI=1S/C27H39IN4O2Si/c1-18-10-9-11-21(20(18)3)14-24-23(17-34-35(7,8)27(4,5)6)29-26-22(28)15-25(30-32(24)26)31-12-13-33-19(2)16-31/h9-11,15,19H,12-14,16-17H2,1-8H3. The van der Waals surface area contributed by atoms with Crippen LogP contribution in [0.25, 0.3) is 5.65 Å². The number of halogens is 1. The summed E-state index contributed by atoms with van der Waals surface area (Å²) in [5.74, 6) is 0.980. The van der Waals surface area contributed by atoms with Gasteiger partial charge in [0.2, 0.25) is 0 Å². The Bertz CT molecular complexity index is 1220. The Kier molecular flexibility index (Phi) is 7.67. The van der Waals surface area contributed by atoms with Crippen molar-refractivity contribution in [1.29, 1.82) is 0 Å². The first-order chi connectivity index (χ1) is 16.4. The Balaban J connectivity index is 1.80. The van der Waals surface area contributed by atoms with Crippen LogP contribution in [0.2, 0.25) is 18.1 Å². The summed E-state index contributed by atoms with van der Waals surface area (Å²) in [5, 5.41) is 5.28. The van der Waals surface area contributed by atoms with Gasteiger partial charge in [0.05, 0.1) is 34.3 Å². The molecule has 8 heteroatoms. The molecule has 6 nitrogen and oxygen atoms in total. The fourth-order valence-corrected chi connectivity index (χ4v) is 5.74. The molecule has 4 rings (SSSR count). The van der Waals surface area contributed by atoms with Crippen molar-refractivity contribution in [1.82, 2.24) is 14.6 Å². The Hall–Kier alpha value is -1.49. The average Bonchev–Trinajstić information content (AvgIpc) is 3.13. The topological polar surface area (TPSA) is 51.9 Å². The number of morpholine rings is 1. The smallest absolute Gasteiger partial charge is 0.192 e. The number of ether oxygens (including phenoxy) is 1. The van der Waals surface area contributed by atoms with Gasteiger partial charge < -0.3 is 14.1 Å². The van der Waals surface area contributed by atoms with Gasteiger partial charge in [-0.1, -0.05) is 39.0 Å². The SMILES string of the molecule is Cc1cccc(Cc2c(CO[Si](C)(C)C(C)(C)C)nc3c(I)cc(N4CCOC(C)C4)nn23)c1C. The van der Waals surface area contributed by atoms with E-state index in [1.54, 1.807) is 0 Å². The summed E-state index contributed by atoms with van der Waals surface area (Å²) in [4.78, 5) is 7.42. The van der Waals surface area contributed by atoms with Crippen molar-refractivity contribution < 1.29 is 9.16 Å². The van der Waals surface area contributed by atoms with E-state index in [9.17, 15) is 0 Å². The zero-order valence-corrected chi connectivity index (χ0v) is 25.6. The second-order valence-electron chi connectivity index (χ2n) is 11.3. The molecule has 0 aliphatic carbocycles. The second-order valence-corrected chi connectivity index (χ2v) is 17.3. The molecule has 1 saturated heterocycles. The van der Waals surface area contributed by atoms with Crippen LogP contribution in [0.1, 0.15) is 55.8 Å². The van der Waals surface area contributed by atoms with Crippen LogP contribution in [-0.2, 0) is 22.2 Å². The molecule has 2 aromatic heterocycles. The summed E-state index contributed by atoms with van der Waals surface area (Å²) >= 11 is 2.40. The Labute approximate surface area is 224 Å². The van der Waals surface area contributed by atoms with Crippen molar-refractivity contribution in [3.8, 4) is 0 Å². The molecule has 0 spiro atoms. The molecule has 190 valence electrons. The predicted octanol–water partition coefficient (Wildman–Crippen LogP) is 6.29. The lowest BCUT2D eigenvalue weighted by atomic mass is 9.99. The van der Waals surface area contributed by atoms with E-state index < -0.39 is 8.32 Å². The van der Waals surface area contributed by atoms with Gasteiger partial charge in [-0.05, 0) is 84.3 Å². The van der Waals surface area contributed by atoms with E-state index in [1.807, 2.05) is 0 Å². The molecular formula is C27H39IN4O2Si. The van der Waals surface area contributed by atoms with Crippen LogP contribution < -0.4 is 4.90 Å². The first-order valence-corrected chi connectivity index (χ1v) is 16.5. The molecule has 0 radical (unpaired) electrons. The summed E-state index contributed by atoms with van der Waals surface area (Å²) in [5.41, 5.74) is 6.96. The highest BCUT2D eigenvalue weighted by atomic mass is 127. The van der Waals surface area contributed by atoms with Crippen LogP contribution in [0.4, 0.5) is 5.82 Å². The molecule has 0 bridgehead atoms. The van der Waals surface area contributed by atoms with E-state index in [4.69, 9.17) is 19.2 Å². The summed E-state index contributed by atoms with van der Waals surface area (Å²) in [7, 11) is -1.92. The fourth-order valence-electron chi connectivity index (χ4n) is 4.18. The zero-order chi connectivity index (χ0) is 25.5. The minimum absolute atomic E-state index is 0.145. The van der Waals surface area contributed by atoms with Crippen molar-refractivity contribution in [2.45, 2.75) is 78.8 Å². The Morgan fingerprint density at radius 2 is 1.97 bits per heavy atom. The molecule has 1 aliphatic heterocycles. The van der Waals surface area contributed by atoms with Gasteiger partial charge in [-0.2, -0.15) is 0 Å². The maximum absolute atomic E-state index is 6.65. The van der Waals surface area contributed by atoms with Gasteiger partial charge in [-0.25, -0.2) is 9.50 Å².